The fourth-order valence-electron chi connectivity index (χ4n) is 1.64. The predicted octanol–water partition coefficient (Wildman–Crippen LogP) is 2.89. The lowest BCUT2D eigenvalue weighted by atomic mass is 10.1. The average molecular weight is 320 g/mol. The van der Waals surface area contributed by atoms with Crippen LogP contribution in [-0.2, 0) is 14.3 Å². The van der Waals surface area contributed by atoms with Crippen molar-refractivity contribution in [2.75, 3.05) is 11.9 Å². The summed E-state index contributed by atoms with van der Waals surface area (Å²) in [4.78, 5) is 23.3. The second kappa shape index (κ2) is 5.22. The topological polar surface area (TPSA) is 55.4 Å². The zero-order valence-corrected chi connectivity index (χ0v) is 12.1. The van der Waals surface area contributed by atoms with E-state index < -0.39 is 34.0 Å². The van der Waals surface area contributed by atoms with Crippen LogP contribution in [0.2, 0.25) is 0 Å². The zero-order valence-electron chi connectivity index (χ0n) is 10.6. The van der Waals surface area contributed by atoms with Crippen molar-refractivity contribution in [3.63, 3.8) is 0 Å². The Balaban J connectivity index is 1.81. The molecule has 1 fully saturated rings. The molecule has 1 atom stereocenters. The number of carbonyl (C=O) groups is 2. The Bertz CT molecular complexity index is 547. The molecule has 1 aromatic rings. The Morgan fingerprint density at radius 1 is 1.35 bits per heavy atom. The van der Waals surface area contributed by atoms with Gasteiger partial charge in [-0.25, -0.2) is 4.39 Å². The van der Waals surface area contributed by atoms with Crippen LogP contribution in [-0.4, -0.2) is 22.8 Å². The Labute approximate surface area is 125 Å². The summed E-state index contributed by atoms with van der Waals surface area (Å²) in [7, 11) is 0. The van der Waals surface area contributed by atoms with Gasteiger partial charge in [0.1, 0.15) is 15.6 Å². The van der Waals surface area contributed by atoms with Crippen LogP contribution in [0.25, 0.3) is 0 Å². The molecule has 4 nitrogen and oxygen atoms in total. The highest BCUT2D eigenvalue weighted by molar-refractivity contribution is 6.53. The van der Waals surface area contributed by atoms with Gasteiger partial charge in [-0.3, -0.25) is 9.59 Å². The smallest absolute Gasteiger partial charge is 0.315 e. The number of anilines is 1. The van der Waals surface area contributed by atoms with Gasteiger partial charge in [0.25, 0.3) is 5.91 Å². The summed E-state index contributed by atoms with van der Waals surface area (Å²) in [6.45, 7) is 1.13. The molecule has 0 radical (unpaired) electrons. The first-order valence-electron chi connectivity index (χ1n) is 5.85. The Morgan fingerprint density at radius 2 is 1.90 bits per heavy atom. The minimum atomic E-state index is -1.13. The number of nitrogens with one attached hydrogen (secondary N) is 1. The molecule has 1 aliphatic rings. The third-order valence-corrected chi connectivity index (χ3v) is 4.27. The highest BCUT2D eigenvalue weighted by atomic mass is 35.5. The van der Waals surface area contributed by atoms with E-state index in [-0.39, 0.29) is 0 Å². The van der Waals surface area contributed by atoms with Crippen molar-refractivity contribution >= 4 is 40.8 Å². The van der Waals surface area contributed by atoms with Gasteiger partial charge in [-0.1, -0.05) is 0 Å². The van der Waals surface area contributed by atoms with Crippen LogP contribution in [0.1, 0.15) is 13.3 Å². The van der Waals surface area contributed by atoms with E-state index in [1.807, 2.05) is 0 Å². The van der Waals surface area contributed by atoms with Gasteiger partial charge in [0.2, 0.25) is 0 Å². The van der Waals surface area contributed by atoms with Gasteiger partial charge in [0, 0.05) is 12.1 Å². The first-order valence-corrected chi connectivity index (χ1v) is 6.61. The molecule has 7 heteroatoms. The number of benzene rings is 1. The van der Waals surface area contributed by atoms with Gasteiger partial charge >= 0.3 is 5.97 Å². The molecule has 20 heavy (non-hydrogen) atoms. The molecule has 0 saturated heterocycles. The molecule has 1 aliphatic carbocycles. The van der Waals surface area contributed by atoms with Gasteiger partial charge < -0.3 is 10.1 Å². The second-order valence-electron chi connectivity index (χ2n) is 4.84. The van der Waals surface area contributed by atoms with Crippen LogP contribution in [0.15, 0.2) is 24.3 Å². The van der Waals surface area contributed by atoms with Gasteiger partial charge in [0.05, 0.1) is 0 Å². The molecule has 1 saturated carbocycles. The number of alkyl halides is 2. The fraction of sp³-hybridized carbons (Fsp3) is 0.385. The molecule has 0 aromatic heterocycles. The van der Waals surface area contributed by atoms with Gasteiger partial charge in [-0.15, -0.1) is 23.2 Å². The van der Waals surface area contributed by atoms with Crippen molar-refractivity contribution in [3.05, 3.63) is 30.1 Å². The second-order valence-corrected chi connectivity index (χ2v) is 6.33. The summed E-state index contributed by atoms with van der Waals surface area (Å²) in [5.41, 5.74) is -0.555. The van der Waals surface area contributed by atoms with Gasteiger partial charge in [-0.05, 0) is 31.2 Å². The van der Waals surface area contributed by atoms with Crippen LogP contribution in [0, 0.1) is 11.2 Å². The molecule has 0 bridgehead atoms. The van der Waals surface area contributed by atoms with E-state index in [1.165, 1.54) is 24.3 Å². The monoisotopic (exact) mass is 319 g/mol. The number of amides is 1. The van der Waals surface area contributed by atoms with E-state index in [0.29, 0.717) is 12.1 Å². The standard InChI is InChI=1S/C13H12Cl2FNO3/c1-12(7-13(12,14)15)11(19)20-6-10(18)17-9-4-2-8(16)3-5-9/h2-5H,6-7H2,1H3,(H,17,18). The van der Waals surface area contributed by atoms with Crippen molar-refractivity contribution in [3.8, 4) is 0 Å². The quantitative estimate of drug-likeness (QED) is 0.685. The van der Waals surface area contributed by atoms with E-state index in [4.69, 9.17) is 27.9 Å². The summed E-state index contributed by atoms with van der Waals surface area (Å²) in [5.74, 6) is -1.54. The first kappa shape index (κ1) is 15.1. The van der Waals surface area contributed by atoms with E-state index in [0.717, 1.165) is 0 Å². The lowest BCUT2D eigenvalue weighted by Crippen LogP contribution is -2.26. The molecule has 1 unspecified atom stereocenters. The van der Waals surface area contributed by atoms with E-state index in [1.54, 1.807) is 6.92 Å². The van der Waals surface area contributed by atoms with Crippen molar-refractivity contribution in [1.82, 2.24) is 0 Å². The first-order chi connectivity index (χ1) is 9.24. The molecule has 0 aliphatic heterocycles. The molecule has 0 heterocycles. The summed E-state index contributed by atoms with van der Waals surface area (Å²) >= 11 is 11.7. The van der Waals surface area contributed by atoms with Crippen molar-refractivity contribution in [1.29, 1.82) is 0 Å². The summed E-state index contributed by atoms with van der Waals surface area (Å²) in [6, 6.07) is 5.23. The van der Waals surface area contributed by atoms with Crippen molar-refractivity contribution in [2.45, 2.75) is 17.7 Å². The Morgan fingerprint density at radius 3 is 2.40 bits per heavy atom. The number of hydrogen-bond donors (Lipinski definition) is 1. The highest BCUT2D eigenvalue weighted by Gasteiger charge is 2.69. The number of esters is 1. The van der Waals surface area contributed by atoms with Crippen LogP contribution in [0.4, 0.5) is 10.1 Å². The van der Waals surface area contributed by atoms with Gasteiger partial charge in [-0.2, -0.15) is 0 Å². The van der Waals surface area contributed by atoms with E-state index in [9.17, 15) is 14.0 Å². The third-order valence-electron chi connectivity index (χ3n) is 3.17. The minimum absolute atomic E-state index is 0.293. The highest BCUT2D eigenvalue weighted by Crippen LogP contribution is 2.64. The van der Waals surface area contributed by atoms with Crippen LogP contribution < -0.4 is 5.32 Å². The van der Waals surface area contributed by atoms with E-state index in [2.05, 4.69) is 5.32 Å². The number of halogens is 3. The van der Waals surface area contributed by atoms with Crippen molar-refractivity contribution < 1.29 is 18.7 Å². The van der Waals surface area contributed by atoms with Crippen LogP contribution in [0.5, 0.6) is 0 Å². The minimum Gasteiger partial charge on any atom is -0.455 e. The number of rotatable bonds is 4. The molecular weight excluding hydrogens is 308 g/mol. The zero-order chi connectivity index (χ0) is 15.0. The normalized spacial score (nSPS) is 23.0. The maximum absolute atomic E-state index is 12.7. The summed E-state index contributed by atoms with van der Waals surface area (Å²) < 4.78 is 16.4. The largest absolute Gasteiger partial charge is 0.455 e. The molecule has 1 aromatic carbocycles. The number of ether oxygens (including phenoxy) is 1. The summed E-state index contributed by atoms with van der Waals surface area (Å²) in [6.07, 6.45) is 0.293. The maximum Gasteiger partial charge on any atom is 0.315 e. The lowest BCUT2D eigenvalue weighted by Gasteiger charge is -2.11. The maximum atomic E-state index is 12.7. The SMILES string of the molecule is CC1(C(=O)OCC(=O)Nc2ccc(F)cc2)CC1(Cl)Cl. The van der Waals surface area contributed by atoms with Gasteiger partial charge in [0.15, 0.2) is 6.61 Å². The Kier molecular flexibility index (Phi) is 3.93. The Hall–Kier alpha value is -1.33. The average Bonchev–Trinajstić information content (AvgIpc) is 2.90. The number of carbonyl (C=O) groups excluding carboxylic acids is 2. The summed E-state index contributed by atoms with van der Waals surface area (Å²) in [5, 5.41) is 2.47. The van der Waals surface area contributed by atoms with Crippen LogP contribution >= 0.6 is 23.2 Å². The van der Waals surface area contributed by atoms with Crippen LogP contribution in [0.3, 0.4) is 0 Å². The van der Waals surface area contributed by atoms with Crippen molar-refractivity contribution in [2.24, 2.45) is 5.41 Å². The molecule has 1 amide bonds. The third kappa shape index (κ3) is 3.04. The fourth-order valence-corrected chi connectivity index (χ4v) is 2.33. The molecule has 108 valence electrons. The molecule has 0 spiro atoms. The van der Waals surface area contributed by atoms with E-state index >= 15 is 0 Å². The predicted molar refractivity (Wildman–Crippen MR) is 73.1 cm³/mol. The molecule has 2 rings (SSSR count). The number of hydrogen-bond acceptors (Lipinski definition) is 3. The lowest BCUT2D eigenvalue weighted by molar-refractivity contribution is -0.152. The molecule has 1 N–H and O–H groups in total. The molecular formula is C13H12Cl2FNO3.